The summed E-state index contributed by atoms with van der Waals surface area (Å²) in [7, 11) is 0. The van der Waals surface area contributed by atoms with Crippen LogP contribution in [-0.4, -0.2) is 47.4 Å². The zero-order chi connectivity index (χ0) is 40.1. The Labute approximate surface area is 341 Å². The maximum Gasteiger partial charge on any atom is 0.305 e. The van der Waals surface area contributed by atoms with Crippen LogP contribution in [0.2, 0.25) is 0 Å². The molecule has 0 heterocycles. The van der Waals surface area contributed by atoms with Crippen LogP contribution >= 0.6 is 0 Å². The standard InChI is InChI=1S/C49H91NO5/c1-3-5-7-9-11-13-15-16-17-18-19-23-27-31-35-39-43-49(54)55-44-40-36-32-28-24-21-20-22-26-30-34-38-42-48(53)50-46(45-51)47(52)41-37-33-29-25-14-12-10-8-6-4-2/h13,15,17-18,37,41,46-47,51-52H,3-12,14,16,19-36,38-40,42-45H2,1-2H3,(H,50,53)/b15-13-,18-17-,41-37+. The van der Waals surface area contributed by atoms with E-state index in [2.05, 4.69) is 43.5 Å². The molecule has 0 rings (SSSR count). The Balaban J connectivity index is 3.49. The predicted octanol–water partition coefficient (Wildman–Crippen LogP) is 13.7. The molecular weight excluding hydrogens is 683 g/mol. The first-order valence-corrected chi connectivity index (χ1v) is 23.8. The number of amides is 1. The minimum Gasteiger partial charge on any atom is -0.466 e. The number of unbranched alkanes of at least 4 members (excludes halogenated alkanes) is 28. The van der Waals surface area contributed by atoms with Crippen molar-refractivity contribution in [2.75, 3.05) is 13.2 Å². The van der Waals surface area contributed by atoms with Crippen molar-refractivity contribution in [3.8, 4) is 0 Å². The number of esters is 1. The fourth-order valence-corrected chi connectivity index (χ4v) is 6.95. The van der Waals surface area contributed by atoms with E-state index in [1.54, 1.807) is 6.08 Å². The fourth-order valence-electron chi connectivity index (χ4n) is 6.95. The van der Waals surface area contributed by atoms with Gasteiger partial charge in [-0.25, -0.2) is 0 Å². The van der Waals surface area contributed by atoms with Crippen LogP contribution in [0.15, 0.2) is 36.5 Å². The van der Waals surface area contributed by atoms with Crippen molar-refractivity contribution in [1.82, 2.24) is 5.32 Å². The molecule has 1 amide bonds. The second kappa shape index (κ2) is 44.8. The first-order valence-electron chi connectivity index (χ1n) is 23.8. The highest BCUT2D eigenvalue weighted by Crippen LogP contribution is 2.14. The van der Waals surface area contributed by atoms with Crippen molar-refractivity contribution < 1.29 is 24.5 Å². The van der Waals surface area contributed by atoms with Crippen LogP contribution in [0, 0.1) is 0 Å². The number of hydrogen-bond acceptors (Lipinski definition) is 5. The van der Waals surface area contributed by atoms with Gasteiger partial charge in [0.1, 0.15) is 0 Å². The number of nitrogens with one attached hydrogen (secondary N) is 1. The van der Waals surface area contributed by atoms with Crippen molar-refractivity contribution in [2.45, 2.75) is 251 Å². The molecule has 0 saturated heterocycles. The van der Waals surface area contributed by atoms with E-state index in [4.69, 9.17) is 4.74 Å². The molecule has 55 heavy (non-hydrogen) atoms. The van der Waals surface area contributed by atoms with Gasteiger partial charge in [-0.15, -0.1) is 0 Å². The summed E-state index contributed by atoms with van der Waals surface area (Å²) >= 11 is 0. The van der Waals surface area contributed by atoms with E-state index in [1.165, 1.54) is 141 Å². The molecule has 2 atom stereocenters. The highest BCUT2D eigenvalue weighted by molar-refractivity contribution is 5.76. The molecule has 0 aliphatic carbocycles. The van der Waals surface area contributed by atoms with Gasteiger partial charge >= 0.3 is 5.97 Å². The number of ether oxygens (including phenoxy) is 1. The minimum absolute atomic E-state index is 0.0255. The Kier molecular flexibility index (Phi) is 43.2. The molecule has 3 N–H and O–H groups in total. The smallest absolute Gasteiger partial charge is 0.305 e. The third-order valence-electron chi connectivity index (χ3n) is 10.7. The summed E-state index contributed by atoms with van der Waals surface area (Å²) in [5.74, 6) is -0.113. The number of allylic oxidation sites excluding steroid dienone is 5. The van der Waals surface area contributed by atoms with Crippen molar-refractivity contribution in [2.24, 2.45) is 0 Å². The van der Waals surface area contributed by atoms with E-state index in [0.29, 0.717) is 19.4 Å². The van der Waals surface area contributed by atoms with Crippen LogP contribution in [0.3, 0.4) is 0 Å². The average Bonchev–Trinajstić information content (AvgIpc) is 3.18. The van der Waals surface area contributed by atoms with Crippen molar-refractivity contribution in [1.29, 1.82) is 0 Å². The van der Waals surface area contributed by atoms with Crippen molar-refractivity contribution in [3.63, 3.8) is 0 Å². The topological polar surface area (TPSA) is 95.9 Å². The van der Waals surface area contributed by atoms with Gasteiger partial charge in [0, 0.05) is 12.8 Å². The van der Waals surface area contributed by atoms with E-state index in [0.717, 1.165) is 70.6 Å². The lowest BCUT2D eigenvalue weighted by molar-refractivity contribution is -0.143. The minimum atomic E-state index is -0.853. The highest BCUT2D eigenvalue weighted by atomic mass is 16.5. The maximum absolute atomic E-state index is 12.4. The van der Waals surface area contributed by atoms with E-state index >= 15 is 0 Å². The molecule has 0 aromatic rings. The molecule has 0 aliphatic heterocycles. The van der Waals surface area contributed by atoms with E-state index < -0.39 is 12.1 Å². The average molecular weight is 774 g/mol. The first kappa shape index (κ1) is 53.1. The monoisotopic (exact) mass is 774 g/mol. The van der Waals surface area contributed by atoms with Gasteiger partial charge in [-0.2, -0.15) is 0 Å². The summed E-state index contributed by atoms with van der Waals surface area (Å²) in [6.45, 7) is 4.81. The van der Waals surface area contributed by atoms with Crippen LogP contribution in [0.4, 0.5) is 0 Å². The lowest BCUT2D eigenvalue weighted by Crippen LogP contribution is -2.45. The molecule has 0 radical (unpaired) electrons. The molecule has 2 unspecified atom stereocenters. The molecule has 0 spiro atoms. The van der Waals surface area contributed by atoms with Crippen LogP contribution in [0.5, 0.6) is 0 Å². The summed E-state index contributed by atoms with van der Waals surface area (Å²) < 4.78 is 5.45. The third-order valence-corrected chi connectivity index (χ3v) is 10.7. The van der Waals surface area contributed by atoms with E-state index in [9.17, 15) is 19.8 Å². The second-order valence-electron chi connectivity index (χ2n) is 16.1. The van der Waals surface area contributed by atoms with Crippen molar-refractivity contribution in [3.05, 3.63) is 36.5 Å². The summed E-state index contributed by atoms with van der Waals surface area (Å²) in [4.78, 5) is 24.4. The van der Waals surface area contributed by atoms with Gasteiger partial charge < -0.3 is 20.3 Å². The van der Waals surface area contributed by atoms with Gasteiger partial charge in [0.15, 0.2) is 0 Å². The van der Waals surface area contributed by atoms with Gasteiger partial charge in [-0.3, -0.25) is 9.59 Å². The molecule has 0 saturated carbocycles. The van der Waals surface area contributed by atoms with Gasteiger partial charge in [-0.05, 0) is 64.2 Å². The van der Waals surface area contributed by atoms with Gasteiger partial charge in [0.2, 0.25) is 5.91 Å². The van der Waals surface area contributed by atoms with Crippen LogP contribution in [0.1, 0.15) is 239 Å². The lowest BCUT2D eigenvalue weighted by Gasteiger charge is -2.20. The van der Waals surface area contributed by atoms with Crippen LogP contribution in [0.25, 0.3) is 0 Å². The SMILES string of the molecule is CCCCCC/C=C\C/C=C\CCCCCCCC(=O)OCCCCCCCCCCCCCCC(=O)NC(CO)C(O)/C=C/CCCCCCCCCC. The predicted molar refractivity (Wildman–Crippen MR) is 236 cm³/mol. The van der Waals surface area contributed by atoms with E-state index in [1.807, 2.05) is 6.08 Å². The lowest BCUT2D eigenvalue weighted by atomic mass is 10.0. The quantitative estimate of drug-likeness (QED) is 0.0326. The summed E-state index contributed by atoms with van der Waals surface area (Å²) in [6.07, 6.45) is 52.7. The molecule has 6 nitrogen and oxygen atoms in total. The zero-order valence-electron chi connectivity index (χ0n) is 36.4. The van der Waals surface area contributed by atoms with Crippen LogP contribution in [-0.2, 0) is 14.3 Å². The molecule has 0 bridgehead atoms. The molecule has 6 heteroatoms. The molecule has 322 valence electrons. The number of rotatable bonds is 43. The Morgan fingerprint density at radius 2 is 0.909 bits per heavy atom. The summed E-state index contributed by atoms with van der Waals surface area (Å²) in [6, 6.07) is -0.638. The largest absolute Gasteiger partial charge is 0.466 e. The normalized spacial score (nSPS) is 13.0. The van der Waals surface area contributed by atoms with Crippen LogP contribution < -0.4 is 5.32 Å². The maximum atomic E-state index is 12.4. The fraction of sp³-hybridized carbons (Fsp3) is 0.837. The number of aliphatic hydroxyl groups is 2. The number of carbonyl (C=O) groups excluding carboxylic acids is 2. The van der Waals surface area contributed by atoms with Gasteiger partial charge in [-0.1, -0.05) is 198 Å². The second-order valence-corrected chi connectivity index (χ2v) is 16.1. The molecular formula is C49H91NO5. The number of hydrogen-bond donors (Lipinski definition) is 3. The summed E-state index contributed by atoms with van der Waals surface area (Å²) in [5.41, 5.74) is 0. The number of carbonyl (C=O) groups is 2. The molecule has 0 aliphatic rings. The van der Waals surface area contributed by atoms with Crippen molar-refractivity contribution >= 4 is 11.9 Å². The zero-order valence-corrected chi connectivity index (χ0v) is 36.4. The number of aliphatic hydroxyl groups excluding tert-OH is 2. The van der Waals surface area contributed by atoms with Gasteiger partial charge in [0.25, 0.3) is 0 Å². The molecule has 0 aromatic carbocycles. The van der Waals surface area contributed by atoms with Gasteiger partial charge in [0.05, 0.1) is 25.4 Å². The first-order chi connectivity index (χ1) is 27.0. The Bertz CT molecular complexity index is 900. The molecule has 0 fully saturated rings. The molecule has 0 aromatic heterocycles. The Morgan fingerprint density at radius 3 is 1.40 bits per heavy atom. The Morgan fingerprint density at radius 1 is 0.509 bits per heavy atom. The summed E-state index contributed by atoms with van der Waals surface area (Å²) in [5, 5.41) is 22.9. The third kappa shape index (κ3) is 41.5. The van der Waals surface area contributed by atoms with E-state index in [-0.39, 0.29) is 18.5 Å². The Hall–Kier alpha value is -1.92. The highest BCUT2D eigenvalue weighted by Gasteiger charge is 2.18.